The highest BCUT2D eigenvalue weighted by Crippen LogP contribution is 2.36. The van der Waals surface area contributed by atoms with E-state index in [1.54, 1.807) is 78.9 Å². The summed E-state index contributed by atoms with van der Waals surface area (Å²) in [4.78, 5) is 0. The summed E-state index contributed by atoms with van der Waals surface area (Å²) in [6.45, 7) is -0.344. The minimum atomic E-state index is -4.77. The van der Waals surface area contributed by atoms with E-state index in [2.05, 4.69) is 9.47 Å². The second-order valence-electron chi connectivity index (χ2n) is 7.78. The quantitative estimate of drug-likeness (QED) is 0.191. The molecule has 4 aromatic rings. The van der Waals surface area contributed by atoms with E-state index in [4.69, 9.17) is 16.7 Å². The highest BCUT2D eigenvalue weighted by Gasteiger charge is 2.33. The number of halogens is 7. The van der Waals surface area contributed by atoms with Crippen molar-refractivity contribution >= 4 is 11.6 Å². The Morgan fingerprint density at radius 1 is 0.579 bits per heavy atom. The smallest absolute Gasteiger partial charge is 0.405 e. The van der Waals surface area contributed by atoms with Crippen LogP contribution in [0.1, 0.15) is 11.1 Å². The molecule has 0 aliphatic carbocycles. The van der Waals surface area contributed by atoms with Gasteiger partial charge in [0.25, 0.3) is 0 Å². The molecule has 4 rings (SSSR count). The lowest BCUT2D eigenvalue weighted by atomic mass is 10.0. The number of benzene rings is 4. The van der Waals surface area contributed by atoms with Crippen molar-refractivity contribution in [1.82, 2.24) is 0 Å². The van der Waals surface area contributed by atoms with Crippen LogP contribution in [0.15, 0.2) is 97.1 Å². The zero-order valence-corrected chi connectivity index (χ0v) is 20.3. The fourth-order valence-electron chi connectivity index (χ4n) is 3.45. The van der Waals surface area contributed by atoms with Crippen molar-refractivity contribution < 1.29 is 40.9 Å². The molecular weight excluding hydrogens is 534 g/mol. The van der Waals surface area contributed by atoms with Crippen molar-refractivity contribution in [3.63, 3.8) is 0 Å². The van der Waals surface area contributed by atoms with Crippen LogP contribution in [0.2, 0.25) is 0 Å². The van der Waals surface area contributed by atoms with Crippen molar-refractivity contribution in [2.24, 2.45) is 0 Å². The second-order valence-corrected chi connectivity index (χ2v) is 8.05. The maximum atomic E-state index is 12.4. The molecule has 0 fully saturated rings. The SMILES string of the molecule is FC(F)(F)Oc1cc(CCl)ccc1-c1ccccc1.OCc1ccc(-c2ccccc2)c(OC(F)(F)F)c1. The summed E-state index contributed by atoms with van der Waals surface area (Å²) in [5.74, 6) is -0.425. The van der Waals surface area contributed by atoms with Gasteiger partial charge < -0.3 is 14.6 Å². The van der Waals surface area contributed by atoms with Gasteiger partial charge >= 0.3 is 12.7 Å². The highest BCUT2D eigenvalue weighted by molar-refractivity contribution is 6.17. The fraction of sp³-hybridized carbons (Fsp3) is 0.143. The minimum absolute atomic E-state index is 0.128. The van der Waals surface area contributed by atoms with Gasteiger partial charge in [0, 0.05) is 17.0 Å². The molecule has 1 N–H and O–H groups in total. The Morgan fingerprint density at radius 2 is 0.974 bits per heavy atom. The molecule has 38 heavy (non-hydrogen) atoms. The number of aliphatic hydroxyl groups excluding tert-OH is 1. The van der Waals surface area contributed by atoms with Gasteiger partial charge in [-0.05, 0) is 34.4 Å². The summed E-state index contributed by atoms with van der Waals surface area (Å²) in [6, 6.07) is 26.2. The Morgan fingerprint density at radius 3 is 1.34 bits per heavy atom. The summed E-state index contributed by atoms with van der Waals surface area (Å²) in [5.41, 5.74) is 2.91. The van der Waals surface area contributed by atoms with Gasteiger partial charge in [0.2, 0.25) is 0 Å². The lowest BCUT2D eigenvalue weighted by molar-refractivity contribution is -0.275. The average molecular weight is 555 g/mol. The van der Waals surface area contributed by atoms with E-state index in [0.29, 0.717) is 33.4 Å². The van der Waals surface area contributed by atoms with Crippen LogP contribution >= 0.6 is 11.6 Å². The van der Waals surface area contributed by atoms with E-state index in [1.807, 2.05) is 0 Å². The fourth-order valence-corrected chi connectivity index (χ4v) is 3.61. The molecule has 0 heterocycles. The third-order valence-corrected chi connectivity index (χ3v) is 5.36. The average Bonchev–Trinajstić information content (AvgIpc) is 2.88. The molecule has 0 aliphatic heterocycles. The van der Waals surface area contributed by atoms with Crippen LogP contribution in [-0.4, -0.2) is 17.8 Å². The van der Waals surface area contributed by atoms with E-state index < -0.39 is 12.7 Å². The van der Waals surface area contributed by atoms with Crippen LogP contribution in [0, 0.1) is 0 Å². The van der Waals surface area contributed by atoms with Crippen molar-refractivity contribution in [1.29, 1.82) is 0 Å². The molecule has 4 aromatic carbocycles. The molecular formula is C28H21ClF6O3. The van der Waals surface area contributed by atoms with Crippen LogP contribution in [0.25, 0.3) is 22.3 Å². The van der Waals surface area contributed by atoms with Gasteiger partial charge in [0.15, 0.2) is 0 Å². The van der Waals surface area contributed by atoms with Crippen molar-refractivity contribution in [2.75, 3.05) is 0 Å². The predicted octanol–water partition coefficient (Wildman–Crippen LogP) is 8.74. The van der Waals surface area contributed by atoms with E-state index in [0.717, 1.165) is 0 Å². The minimum Gasteiger partial charge on any atom is -0.405 e. The van der Waals surface area contributed by atoms with Crippen molar-refractivity contribution in [3.05, 3.63) is 108 Å². The molecule has 10 heteroatoms. The standard InChI is InChI=1S/C14H10ClF3O.C14H11F3O2/c15-9-10-6-7-12(11-4-2-1-3-5-11)13(8-10)19-14(16,17)18;15-14(16,17)19-13-8-10(9-18)6-7-12(13)11-4-2-1-3-5-11/h1-8H,9H2;1-8,18H,9H2. The Hall–Kier alpha value is -3.69. The molecule has 0 unspecified atom stereocenters. The van der Waals surface area contributed by atoms with Gasteiger partial charge in [0.1, 0.15) is 11.5 Å². The molecule has 0 bridgehead atoms. The molecule has 0 aromatic heterocycles. The molecule has 0 amide bonds. The summed E-state index contributed by atoms with van der Waals surface area (Å²) in [5, 5.41) is 8.99. The van der Waals surface area contributed by atoms with Crippen molar-refractivity contribution in [2.45, 2.75) is 25.2 Å². The maximum absolute atomic E-state index is 12.4. The molecule has 0 saturated carbocycles. The molecule has 0 aliphatic rings. The van der Waals surface area contributed by atoms with E-state index in [9.17, 15) is 26.3 Å². The lowest BCUT2D eigenvalue weighted by Gasteiger charge is -2.14. The van der Waals surface area contributed by atoms with Crippen LogP contribution in [0.5, 0.6) is 11.5 Å². The predicted molar refractivity (Wildman–Crippen MR) is 133 cm³/mol. The van der Waals surface area contributed by atoms with Gasteiger partial charge in [-0.1, -0.05) is 84.9 Å². The van der Waals surface area contributed by atoms with Crippen LogP contribution in [0.4, 0.5) is 26.3 Å². The Kier molecular flexibility index (Phi) is 9.66. The zero-order chi connectivity index (χ0) is 27.8. The monoisotopic (exact) mass is 554 g/mol. The molecule has 3 nitrogen and oxygen atoms in total. The summed E-state index contributed by atoms with van der Waals surface area (Å²) < 4.78 is 82.5. The van der Waals surface area contributed by atoms with Gasteiger partial charge in [-0.2, -0.15) is 0 Å². The van der Waals surface area contributed by atoms with Gasteiger partial charge in [-0.3, -0.25) is 0 Å². The number of rotatable bonds is 6. The van der Waals surface area contributed by atoms with E-state index >= 15 is 0 Å². The first-order chi connectivity index (χ1) is 18.0. The Balaban J connectivity index is 0.000000211. The first-order valence-corrected chi connectivity index (χ1v) is 11.6. The Bertz CT molecular complexity index is 1210. The topological polar surface area (TPSA) is 38.7 Å². The third-order valence-electron chi connectivity index (χ3n) is 5.05. The lowest BCUT2D eigenvalue weighted by Crippen LogP contribution is -2.17. The number of alkyl halides is 7. The van der Waals surface area contributed by atoms with Crippen LogP contribution in [0.3, 0.4) is 0 Å². The van der Waals surface area contributed by atoms with Crippen molar-refractivity contribution in [3.8, 4) is 33.8 Å². The van der Waals surface area contributed by atoms with Gasteiger partial charge in [0.05, 0.1) is 6.61 Å². The largest absolute Gasteiger partial charge is 0.573 e. The molecule has 0 atom stereocenters. The van der Waals surface area contributed by atoms with E-state index in [-0.39, 0.29) is 24.0 Å². The molecule has 200 valence electrons. The Labute approximate surface area is 219 Å². The normalized spacial score (nSPS) is 11.4. The number of hydrogen-bond donors (Lipinski definition) is 1. The first kappa shape index (κ1) is 28.9. The summed E-state index contributed by atoms with van der Waals surface area (Å²) in [6.07, 6.45) is -9.49. The first-order valence-electron chi connectivity index (χ1n) is 11.0. The second kappa shape index (κ2) is 12.7. The summed E-state index contributed by atoms with van der Waals surface area (Å²) in [7, 11) is 0. The van der Waals surface area contributed by atoms with Crippen LogP contribution < -0.4 is 9.47 Å². The van der Waals surface area contributed by atoms with Gasteiger partial charge in [-0.25, -0.2) is 0 Å². The number of hydrogen-bond acceptors (Lipinski definition) is 3. The molecule has 0 spiro atoms. The number of aliphatic hydroxyl groups is 1. The van der Waals surface area contributed by atoms with Crippen LogP contribution in [-0.2, 0) is 12.5 Å². The van der Waals surface area contributed by atoms with E-state index in [1.165, 1.54) is 18.2 Å². The maximum Gasteiger partial charge on any atom is 0.573 e. The highest BCUT2D eigenvalue weighted by atomic mass is 35.5. The molecule has 0 radical (unpaired) electrons. The summed E-state index contributed by atoms with van der Waals surface area (Å²) >= 11 is 5.63. The third kappa shape index (κ3) is 8.71. The van der Waals surface area contributed by atoms with Gasteiger partial charge in [-0.15, -0.1) is 37.9 Å². The number of ether oxygens (including phenoxy) is 2. The molecule has 0 saturated heterocycles. The zero-order valence-electron chi connectivity index (χ0n) is 19.6.